The van der Waals surface area contributed by atoms with Crippen LogP contribution in [0.1, 0.15) is 31.5 Å². The van der Waals surface area contributed by atoms with Gasteiger partial charge in [0.05, 0.1) is 0 Å². The van der Waals surface area contributed by atoms with Crippen molar-refractivity contribution in [1.82, 2.24) is 25.1 Å². The molecule has 2 N–H and O–H groups in total. The van der Waals surface area contributed by atoms with Gasteiger partial charge in [-0.3, -0.25) is 9.59 Å². The van der Waals surface area contributed by atoms with Gasteiger partial charge in [0.15, 0.2) is 5.82 Å². The third kappa shape index (κ3) is 2.05. The Kier molecular flexibility index (Phi) is 3.26. The summed E-state index contributed by atoms with van der Waals surface area (Å²) in [5.74, 6) is 0.0345. The maximum absolute atomic E-state index is 11.9. The summed E-state index contributed by atoms with van der Waals surface area (Å²) in [6, 6.07) is -0.538. The van der Waals surface area contributed by atoms with E-state index in [4.69, 9.17) is 5.73 Å². The van der Waals surface area contributed by atoms with Crippen LogP contribution < -0.4 is 5.73 Å². The molecule has 8 heteroatoms. The van der Waals surface area contributed by atoms with Crippen LogP contribution in [-0.4, -0.2) is 49.5 Å². The Morgan fingerprint density at radius 3 is 2.83 bits per heavy atom. The van der Waals surface area contributed by atoms with Crippen LogP contribution in [0, 0.1) is 0 Å². The Morgan fingerprint density at radius 2 is 2.33 bits per heavy atom. The monoisotopic (exact) mass is 252 g/mol. The van der Waals surface area contributed by atoms with Crippen LogP contribution in [-0.2, 0) is 16.6 Å². The van der Waals surface area contributed by atoms with Gasteiger partial charge >= 0.3 is 0 Å². The maximum atomic E-state index is 11.9. The zero-order valence-corrected chi connectivity index (χ0v) is 10.4. The minimum atomic E-state index is -0.538. The number of carbonyl (C=O) groups excluding carboxylic acids is 2. The lowest BCUT2D eigenvalue weighted by atomic mass is 10.1. The number of nitrogens with zero attached hydrogens (tertiary/aromatic N) is 5. The molecule has 1 aliphatic rings. The van der Waals surface area contributed by atoms with E-state index in [1.165, 1.54) is 4.90 Å². The van der Waals surface area contributed by atoms with E-state index in [2.05, 4.69) is 15.5 Å². The molecule has 1 aliphatic heterocycles. The largest absolute Gasteiger partial charge is 0.368 e. The summed E-state index contributed by atoms with van der Waals surface area (Å²) in [5.41, 5.74) is 5.30. The first-order valence-corrected chi connectivity index (χ1v) is 5.85. The predicted octanol–water partition coefficient (Wildman–Crippen LogP) is -1.21. The first-order valence-electron chi connectivity index (χ1n) is 5.85. The molecule has 0 aliphatic carbocycles. The summed E-state index contributed by atoms with van der Waals surface area (Å²) in [6.07, 6.45) is 0.836. The van der Waals surface area contributed by atoms with Crippen molar-refractivity contribution in [1.29, 1.82) is 0 Å². The summed E-state index contributed by atoms with van der Waals surface area (Å²) >= 11 is 0. The number of rotatable bonds is 4. The molecular formula is C10H16N6O2. The highest BCUT2D eigenvalue weighted by Crippen LogP contribution is 2.28. The summed E-state index contributed by atoms with van der Waals surface area (Å²) in [4.78, 5) is 24.8. The fraction of sp³-hybridized carbons (Fsp3) is 0.700. The molecule has 2 atom stereocenters. The van der Waals surface area contributed by atoms with Crippen molar-refractivity contribution in [2.24, 2.45) is 12.8 Å². The van der Waals surface area contributed by atoms with Gasteiger partial charge in [-0.15, -0.1) is 5.10 Å². The van der Waals surface area contributed by atoms with Crippen molar-refractivity contribution in [2.45, 2.75) is 31.7 Å². The number of likely N-dealkylation sites (tertiary alicyclic amines) is 1. The van der Waals surface area contributed by atoms with Crippen molar-refractivity contribution >= 4 is 11.8 Å². The summed E-state index contributed by atoms with van der Waals surface area (Å²) in [7, 11) is 1.73. The molecule has 2 heterocycles. The molecule has 0 bridgehead atoms. The molecule has 0 aromatic carbocycles. The lowest BCUT2D eigenvalue weighted by Crippen LogP contribution is -2.45. The summed E-state index contributed by atoms with van der Waals surface area (Å²) < 4.78 is 1.55. The molecule has 2 amide bonds. The molecule has 0 saturated carbocycles. The van der Waals surface area contributed by atoms with E-state index in [-0.39, 0.29) is 11.8 Å². The second-order valence-corrected chi connectivity index (χ2v) is 4.43. The van der Waals surface area contributed by atoms with Gasteiger partial charge in [0.1, 0.15) is 6.04 Å². The highest BCUT2D eigenvalue weighted by atomic mass is 16.2. The number of primary amides is 1. The summed E-state index contributed by atoms with van der Waals surface area (Å²) in [6.45, 7) is 2.27. The molecule has 1 fully saturated rings. The van der Waals surface area contributed by atoms with Crippen LogP contribution in [0.15, 0.2) is 0 Å². The predicted molar refractivity (Wildman–Crippen MR) is 61.1 cm³/mol. The number of amides is 2. The van der Waals surface area contributed by atoms with Gasteiger partial charge in [0.25, 0.3) is 0 Å². The standard InChI is InChI=1S/C10H16N6O2/c1-3-7(9(11)18)16-5-6(4-8(16)17)10-12-13-14-15(10)2/h6-7H,3-5H2,1-2H3,(H2,11,18). The molecule has 0 spiro atoms. The van der Waals surface area contributed by atoms with E-state index in [0.717, 1.165) is 0 Å². The molecule has 1 aromatic heterocycles. The zero-order valence-electron chi connectivity index (χ0n) is 10.4. The lowest BCUT2D eigenvalue weighted by Gasteiger charge is -2.24. The highest BCUT2D eigenvalue weighted by Gasteiger charge is 2.38. The number of aromatic nitrogens is 4. The zero-order chi connectivity index (χ0) is 13.3. The number of hydrogen-bond donors (Lipinski definition) is 1. The smallest absolute Gasteiger partial charge is 0.240 e. The quantitative estimate of drug-likeness (QED) is 0.723. The number of tetrazole rings is 1. The summed E-state index contributed by atoms with van der Waals surface area (Å²) in [5, 5.41) is 11.2. The van der Waals surface area contributed by atoms with Crippen molar-refractivity contribution in [3.8, 4) is 0 Å². The average molecular weight is 252 g/mol. The Labute approximate surface area is 104 Å². The van der Waals surface area contributed by atoms with Crippen LogP contribution in [0.5, 0.6) is 0 Å². The molecule has 8 nitrogen and oxygen atoms in total. The van der Waals surface area contributed by atoms with Crippen LogP contribution >= 0.6 is 0 Å². The fourth-order valence-corrected chi connectivity index (χ4v) is 2.36. The second kappa shape index (κ2) is 4.71. The fourth-order valence-electron chi connectivity index (χ4n) is 2.36. The van der Waals surface area contributed by atoms with Gasteiger partial charge in [-0.2, -0.15) is 0 Å². The van der Waals surface area contributed by atoms with E-state index < -0.39 is 11.9 Å². The molecule has 18 heavy (non-hydrogen) atoms. The van der Waals surface area contributed by atoms with E-state index in [0.29, 0.717) is 25.2 Å². The molecule has 98 valence electrons. The molecule has 1 saturated heterocycles. The number of nitrogens with two attached hydrogens (primary N) is 1. The van der Waals surface area contributed by atoms with Gasteiger partial charge in [0.2, 0.25) is 11.8 Å². The minimum Gasteiger partial charge on any atom is -0.368 e. The van der Waals surface area contributed by atoms with Gasteiger partial charge in [0, 0.05) is 25.9 Å². The topological polar surface area (TPSA) is 107 Å². The van der Waals surface area contributed by atoms with E-state index in [9.17, 15) is 9.59 Å². The second-order valence-electron chi connectivity index (χ2n) is 4.43. The maximum Gasteiger partial charge on any atom is 0.240 e. The third-order valence-corrected chi connectivity index (χ3v) is 3.27. The van der Waals surface area contributed by atoms with Gasteiger partial charge in [-0.05, 0) is 16.8 Å². The van der Waals surface area contributed by atoms with Crippen LogP contribution in [0.4, 0.5) is 0 Å². The van der Waals surface area contributed by atoms with E-state index in [1.807, 2.05) is 6.92 Å². The lowest BCUT2D eigenvalue weighted by molar-refractivity contribution is -0.136. The average Bonchev–Trinajstić information content (AvgIpc) is 2.86. The third-order valence-electron chi connectivity index (χ3n) is 3.27. The van der Waals surface area contributed by atoms with E-state index >= 15 is 0 Å². The molecule has 2 rings (SSSR count). The first kappa shape index (κ1) is 12.5. The molecule has 0 radical (unpaired) electrons. The minimum absolute atomic E-state index is 0.0753. The highest BCUT2D eigenvalue weighted by molar-refractivity contribution is 5.88. The molecular weight excluding hydrogens is 236 g/mol. The van der Waals surface area contributed by atoms with Crippen LogP contribution in [0.3, 0.4) is 0 Å². The van der Waals surface area contributed by atoms with Crippen LogP contribution in [0.2, 0.25) is 0 Å². The number of carbonyl (C=O) groups is 2. The Bertz CT molecular complexity index is 471. The van der Waals surface area contributed by atoms with Crippen molar-refractivity contribution in [3.63, 3.8) is 0 Å². The Balaban J connectivity index is 2.16. The first-order chi connectivity index (χ1) is 8.54. The SMILES string of the molecule is CCC(C(N)=O)N1CC(c2nnnn2C)CC1=O. The van der Waals surface area contributed by atoms with E-state index in [1.54, 1.807) is 11.7 Å². The Hall–Kier alpha value is -1.99. The number of hydrogen-bond acceptors (Lipinski definition) is 5. The normalized spacial score (nSPS) is 21.3. The Morgan fingerprint density at radius 1 is 1.61 bits per heavy atom. The van der Waals surface area contributed by atoms with Crippen molar-refractivity contribution in [2.75, 3.05) is 6.54 Å². The molecule has 1 aromatic rings. The van der Waals surface area contributed by atoms with Gasteiger partial charge in [-0.1, -0.05) is 6.92 Å². The van der Waals surface area contributed by atoms with Crippen molar-refractivity contribution < 1.29 is 9.59 Å². The van der Waals surface area contributed by atoms with Gasteiger partial charge < -0.3 is 10.6 Å². The number of aryl methyl sites for hydroxylation is 1. The van der Waals surface area contributed by atoms with Gasteiger partial charge in [-0.25, -0.2) is 4.68 Å². The van der Waals surface area contributed by atoms with Crippen molar-refractivity contribution in [3.05, 3.63) is 5.82 Å². The van der Waals surface area contributed by atoms with Crippen LogP contribution in [0.25, 0.3) is 0 Å². The molecule has 2 unspecified atom stereocenters.